The van der Waals surface area contributed by atoms with Gasteiger partial charge in [0.2, 0.25) is 5.91 Å². The van der Waals surface area contributed by atoms with Crippen LogP contribution in [-0.4, -0.2) is 34.9 Å². The third-order valence-corrected chi connectivity index (χ3v) is 10.7. The minimum absolute atomic E-state index is 0.0662. The van der Waals surface area contributed by atoms with Gasteiger partial charge in [-0.15, -0.1) is 0 Å². The summed E-state index contributed by atoms with van der Waals surface area (Å²) in [6.45, 7) is 4.18. The molecule has 4 nitrogen and oxygen atoms in total. The van der Waals surface area contributed by atoms with Crippen LogP contribution in [0.2, 0.25) is 0 Å². The van der Waals surface area contributed by atoms with E-state index in [1.54, 1.807) is 6.08 Å². The van der Waals surface area contributed by atoms with E-state index in [4.69, 9.17) is 0 Å². The number of nitrogens with one attached hydrogen (secondary N) is 1. The van der Waals surface area contributed by atoms with Crippen molar-refractivity contribution in [1.29, 1.82) is 0 Å². The van der Waals surface area contributed by atoms with Crippen molar-refractivity contribution in [2.24, 2.45) is 0 Å². The van der Waals surface area contributed by atoms with Crippen molar-refractivity contribution in [3.8, 4) is 0 Å². The van der Waals surface area contributed by atoms with Crippen molar-refractivity contribution in [2.75, 3.05) is 6.61 Å². The minimum Gasteiger partial charge on any atom is -0.394 e. The molecule has 0 aromatic carbocycles. The highest BCUT2D eigenvalue weighted by Gasteiger charge is 2.17. The van der Waals surface area contributed by atoms with E-state index in [1.165, 1.54) is 154 Å². The zero-order valence-corrected chi connectivity index (χ0v) is 37.1. The van der Waals surface area contributed by atoms with E-state index in [0.29, 0.717) is 6.42 Å². The van der Waals surface area contributed by atoms with Crippen LogP contribution in [0.25, 0.3) is 0 Å². The molecule has 2 atom stereocenters. The molecule has 0 aliphatic rings. The Kier molecular flexibility index (Phi) is 45.4. The molecule has 0 rings (SSSR count). The molecule has 0 radical (unpaired) electrons. The summed E-state index contributed by atoms with van der Waals surface area (Å²) < 4.78 is 0. The SMILES string of the molecule is CC/C=C\C/C=C\C/C=C\C/C=C\C/C=C\CCCCCCCCCCCCCCCCCCCC(=O)NC(CO)C(O)/C=C/CCCCCCCCCCC. The van der Waals surface area contributed by atoms with E-state index in [0.717, 1.165) is 57.8 Å². The molecule has 0 spiro atoms. The van der Waals surface area contributed by atoms with E-state index >= 15 is 0 Å². The summed E-state index contributed by atoms with van der Waals surface area (Å²) >= 11 is 0. The lowest BCUT2D eigenvalue weighted by Crippen LogP contribution is -2.45. The van der Waals surface area contributed by atoms with Gasteiger partial charge in [0, 0.05) is 6.42 Å². The molecule has 0 bridgehead atoms. The van der Waals surface area contributed by atoms with E-state index < -0.39 is 12.1 Å². The smallest absolute Gasteiger partial charge is 0.220 e. The van der Waals surface area contributed by atoms with Crippen molar-refractivity contribution in [1.82, 2.24) is 5.32 Å². The molecule has 0 saturated carbocycles. The number of aliphatic hydroxyl groups is 2. The third-order valence-electron chi connectivity index (χ3n) is 10.7. The zero-order valence-electron chi connectivity index (χ0n) is 37.1. The van der Waals surface area contributed by atoms with Crippen LogP contribution >= 0.6 is 0 Å². The Morgan fingerprint density at radius 2 is 0.786 bits per heavy atom. The Morgan fingerprint density at radius 1 is 0.446 bits per heavy atom. The fraction of sp³-hybridized carbons (Fsp3) is 0.750. The van der Waals surface area contributed by atoms with Gasteiger partial charge in [0.15, 0.2) is 0 Å². The summed E-state index contributed by atoms with van der Waals surface area (Å²) in [5.41, 5.74) is 0. The van der Waals surface area contributed by atoms with E-state index in [9.17, 15) is 15.0 Å². The first-order valence-corrected chi connectivity index (χ1v) is 24.2. The summed E-state index contributed by atoms with van der Waals surface area (Å²) in [6.07, 6.45) is 67.5. The van der Waals surface area contributed by atoms with Gasteiger partial charge in [-0.05, 0) is 64.2 Å². The van der Waals surface area contributed by atoms with Crippen molar-refractivity contribution in [2.45, 2.75) is 244 Å². The van der Waals surface area contributed by atoms with Gasteiger partial charge in [-0.25, -0.2) is 0 Å². The summed E-state index contributed by atoms with van der Waals surface area (Å²) in [6, 6.07) is -0.622. The highest BCUT2D eigenvalue weighted by atomic mass is 16.3. The largest absolute Gasteiger partial charge is 0.394 e. The van der Waals surface area contributed by atoms with Gasteiger partial charge in [-0.2, -0.15) is 0 Å². The highest BCUT2D eigenvalue weighted by molar-refractivity contribution is 5.76. The lowest BCUT2D eigenvalue weighted by molar-refractivity contribution is -0.123. The first kappa shape index (κ1) is 53.8. The monoisotopic (exact) mass is 780 g/mol. The zero-order chi connectivity index (χ0) is 40.7. The average Bonchev–Trinajstić information content (AvgIpc) is 3.20. The van der Waals surface area contributed by atoms with Crippen LogP contribution in [0, 0.1) is 0 Å². The molecule has 2 unspecified atom stereocenters. The predicted molar refractivity (Wildman–Crippen MR) is 248 cm³/mol. The number of carbonyl (C=O) groups excluding carboxylic acids is 1. The topological polar surface area (TPSA) is 69.6 Å². The van der Waals surface area contributed by atoms with Crippen molar-refractivity contribution >= 4 is 5.91 Å². The molecule has 1 amide bonds. The standard InChI is InChI=1S/C52H93NO3/c1-3-5-7-9-11-13-15-16-17-18-19-20-21-22-23-24-25-26-27-28-29-30-31-32-33-34-35-36-38-40-42-44-46-48-52(56)53-50(49-54)51(55)47-45-43-41-39-37-14-12-10-8-6-4-2/h5,7,11,13,16-17,19-20,22-23,45,47,50-51,54-55H,3-4,6,8-10,12,14-15,18,21,24-44,46,48-49H2,1-2H3,(H,53,56)/b7-5-,13-11-,17-16-,20-19-,23-22-,47-45+. The fourth-order valence-corrected chi connectivity index (χ4v) is 7.03. The van der Waals surface area contributed by atoms with E-state index in [-0.39, 0.29) is 12.5 Å². The first-order valence-electron chi connectivity index (χ1n) is 24.2. The molecular formula is C52H93NO3. The molecule has 0 aromatic rings. The molecule has 0 aliphatic heterocycles. The second-order valence-corrected chi connectivity index (χ2v) is 16.1. The Balaban J connectivity index is 3.48. The number of rotatable bonds is 43. The maximum atomic E-state index is 12.4. The van der Waals surface area contributed by atoms with E-state index in [1.807, 2.05) is 6.08 Å². The number of allylic oxidation sites excluding steroid dienone is 11. The maximum Gasteiger partial charge on any atom is 0.220 e. The lowest BCUT2D eigenvalue weighted by atomic mass is 10.0. The summed E-state index contributed by atoms with van der Waals surface area (Å²) in [7, 11) is 0. The van der Waals surface area contributed by atoms with Crippen molar-refractivity contribution in [3.63, 3.8) is 0 Å². The number of unbranched alkanes of at least 4 members (excludes halogenated alkanes) is 26. The minimum atomic E-state index is -0.838. The summed E-state index contributed by atoms with van der Waals surface area (Å²) in [4.78, 5) is 12.4. The molecule has 0 fully saturated rings. The Morgan fingerprint density at radius 3 is 1.18 bits per heavy atom. The van der Waals surface area contributed by atoms with Crippen LogP contribution in [0.5, 0.6) is 0 Å². The van der Waals surface area contributed by atoms with Crippen LogP contribution in [0.1, 0.15) is 232 Å². The molecule has 0 aromatic heterocycles. The van der Waals surface area contributed by atoms with Gasteiger partial charge < -0.3 is 15.5 Å². The lowest BCUT2D eigenvalue weighted by Gasteiger charge is -2.20. The van der Waals surface area contributed by atoms with Crippen LogP contribution in [-0.2, 0) is 4.79 Å². The van der Waals surface area contributed by atoms with Gasteiger partial charge in [0.05, 0.1) is 18.8 Å². The number of aliphatic hydroxyl groups excluding tert-OH is 2. The van der Waals surface area contributed by atoms with Crippen molar-refractivity contribution in [3.05, 3.63) is 72.9 Å². The molecule has 0 aliphatic carbocycles. The second kappa shape index (κ2) is 47.2. The number of carbonyl (C=O) groups is 1. The van der Waals surface area contributed by atoms with Gasteiger partial charge in [-0.1, -0.05) is 234 Å². The van der Waals surface area contributed by atoms with Gasteiger partial charge in [0.1, 0.15) is 0 Å². The second-order valence-electron chi connectivity index (χ2n) is 16.1. The summed E-state index contributed by atoms with van der Waals surface area (Å²) in [5.74, 6) is -0.0662. The summed E-state index contributed by atoms with van der Waals surface area (Å²) in [5, 5.41) is 23.0. The molecule has 0 saturated heterocycles. The third kappa shape index (κ3) is 43.0. The Bertz CT molecular complexity index is 977. The molecule has 56 heavy (non-hydrogen) atoms. The van der Waals surface area contributed by atoms with Crippen LogP contribution < -0.4 is 5.32 Å². The Hall–Kier alpha value is -2.17. The molecule has 4 heteroatoms. The van der Waals surface area contributed by atoms with Gasteiger partial charge in [0.25, 0.3) is 0 Å². The number of hydrogen-bond donors (Lipinski definition) is 3. The molecule has 0 heterocycles. The number of amides is 1. The van der Waals surface area contributed by atoms with Crippen molar-refractivity contribution < 1.29 is 15.0 Å². The van der Waals surface area contributed by atoms with E-state index in [2.05, 4.69) is 79.9 Å². The van der Waals surface area contributed by atoms with Crippen LogP contribution in [0.4, 0.5) is 0 Å². The fourth-order valence-electron chi connectivity index (χ4n) is 7.03. The maximum absolute atomic E-state index is 12.4. The van der Waals surface area contributed by atoms with Gasteiger partial charge in [-0.3, -0.25) is 4.79 Å². The van der Waals surface area contributed by atoms with Gasteiger partial charge >= 0.3 is 0 Å². The highest BCUT2D eigenvalue weighted by Crippen LogP contribution is 2.15. The Labute approximate surface area is 349 Å². The molecular weight excluding hydrogens is 687 g/mol. The first-order chi connectivity index (χ1) is 27.7. The number of hydrogen-bond acceptors (Lipinski definition) is 3. The normalized spacial score (nSPS) is 13.6. The predicted octanol–water partition coefficient (Wildman–Crippen LogP) is 15.5. The van der Waals surface area contributed by atoms with Crippen LogP contribution in [0.15, 0.2) is 72.9 Å². The molecule has 324 valence electrons. The average molecular weight is 780 g/mol. The molecule has 3 N–H and O–H groups in total. The quantitative estimate of drug-likeness (QED) is 0.0426. The van der Waals surface area contributed by atoms with Crippen LogP contribution in [0.3, 0.4) is 0 Å².